The van der Waals surface area contributed by atoms with Crippen LogP contribution in [0, 0.1) is 11.8 Å². The lowest BCUT2D eigenvalue weighted by atomic mass is 9.94. The van der Waals surface area contributed by atoms with Gasteiger partial charge in [-0.15, -0.1) is 0 Å². The Kier molecular flexibility index (Phi) is 7.30. The second-order valence-corrected chi connectivity index (χ2v) is 12.4. The second kappa shape index (κ2) is 9.91. The quantitative estimate of drug-likeness (QED) is 0.609. The number of rotatable bonds is 8. The Labute approximate surface area is 200 Å². The van der Waals surface area contributed by atoms with Gasteiger partial charge in [-0.2, -0.15) is 4.31 Å². The van der Waals surface area contributed by atoms with Crippen LogP contribution in [-0.4, -0.2) is 67.7 Å². The number of halogens is 1. The molecule has 2 aliphatic rings. The van der Waals surface area contributed by atoms with Crippen LogP contribution in [0.1, 0.15) is 45.9 Å². The third-order valence-electron chi connectivity index (χ3n) is 6.62. The zero-order valence-corrected chi connectivity index (χ0v) is 21.0. The molecule has 8 nitrogen and oxygen atoms in total. The van der Waals surface area contributed by atoms with E-state index in [-0.39, 0.29) is 48.2 Å². The Morgan fingerprint density at radius 1 is 1.21 bits per heavy atom. The molecule has 188 valence electrons. The summed E-state index contributed by atoms with van der Waals surface area (Å²) in [4.78, 5) is 16.9. The van der Waals surface area contributed by atoms with Gasteiger partial charge in [-0.1, -0.05) is 20.8 Å². The molecule has 1 aromatic heterocycles. The van der Waals surface area contributed by atoms with E-state index < -0.39 is 16.7 Å². The molecule has 0 unspecified atom stereocenters. The van der Waals surface area contributed by atoms with E-state index in [1.165, 1.54) is 4.31 Å². The lowest BCUT2D eigenvalue weighted by molar-refractivity contribution is -0.122. The van der Waals surface area contributed by atoms with E-state index in [0.717, 1.165) is 43.9 Å². The number of fused-ring (bicyclic) bond motifs is 1. The second-order valence-electron chi connectivity index (χ2n) is 10.4. The zero-order valence-electron chi connectivity index (χ0n) is 20.2. The molecule has 2 fully saturated rings. The van der Waals surface area contributed by atoms with Crippen molar-refractivity contribution in [3.63, 3.8) is 0 Å². The van der Waals surface area contributed by atoms with Gasteiger partial charge >= 0.3 is 0 Å². The maximum Gasteiger partial charge on any atom is 0.243 e. The van der Waals surface area contributed by atoms with Crippen LogP contribution in [0.2, 0.25) is 0 Å². The Bertz CT molecular complexity index is 1130. The fraction of sp³-hybridized carbons (Fsp3) is 0.667. The van der Waals surface area contributed by atoms with Crippen molar-refractivity contribution in [3.05, 3.63) is 24.0 Å². The lowest BCUT2D eigenvalue weighted by Gasteiger charge is -2.37. The van der Waals surface area contributed by atoms with E-state index in [2.05, 4.69) is 30.7 Å². The predicted molar refractivity (Wildman–Crippen MR) is 128 cm³/mol. The maximum absolute atomic E-state index is 13.2. The van der Waals surface area contributed by atoms with Gasteiger partial charge in [0.25, 0.3) is 0 Å². The summed E-state index contributed by atoms with van der Waals surface area (Å²) in [5.41, 5.74) is 1.44. The van der Waals surface area contributed by atoms with E-state index in [1.54, 1.807) is 12.1 Å². The third-order valence-corrected chi connectivity index (χ3v) is 8.45. The van der Waals surface area contributed by atoms with E-state index in [0.29, 0.717) is 11.4 Å². The van der Waals surface area contributed by atoms with Crippen LogP contribution in [-0.2, 0) is 31.5 Å². The van der Waals surface area contributed by atoms with Crippen LogP contribution in [0.15, 0.2) is 23.1 Å². The first-order chi connectivity index (χ1) is 16.1. The molecular formula is C24H35FN4O4S. The average Bonchev–Trinajstić information content (AvgIpc) is 3.13. The van der Waals surface area contributed by atoms with Crippen LogP contribution in [0.5, 0.6) is 0 Å². The molecular weight excluding hydrogens is 459 g/mol. The van der Waals surface area contributed by atoms with Gasteiger partial charge in [0.15, 0.2) is 0 Å². The number of carbonyl (C=O) groups is 1. The molecule has 0 atom stereocenters. The molecule has 10 heteroatoms. The predicted octanol–water partition coefficient (Wildman–Crippen LogP) is 2.86. The van der Waals surface area contributed by atoms with Crippen molar-refractivity contribution in [3.8, 4) is 0 Å². The third kappa shape index (κ3) is 5.28. The molecule has 0 saturated carbocycles. The van der Waals surface area contributed by atoms with Gasteiger partial charge in [-0.25, -0.2) is 17.8 Å². The zero-order chi connectivity index (χ0) is 24.5. The van der Waals surface area contributed by atoms with Crippen molar-refractivity contribution in [2.45, 2.75) is 56.9 Å². The summed E-state index contributed by atoms with van der Waals surface area (Å²) in [6, 6.07) is 5.20. The Hall–Kier alpha value is -2.04. The first-order valence-corrected chi connectivity index (χ1v) is 13.4. The number of hydrogen-bond donors (Lipinski definition) is 1. The number of nitrogens with zero attached hydrogens (tertiary/aromatic N) is 3. The number of hydrogen-bond acceptors (Lipinski definition) is 5. The molecule has 0 radical (unpaired) electrons. The van der Waals surface area contributed by atoms with Gasteiger partial charge in [0.2, 0.25) is 15.9 Å². The van der Waals surface area contributed by atoms with Gasteiger partial charge in [0.1, 0.15) is 12.5 Å². The minimum Gasteiger partial charge on any atom is -0.381 e. The number of nitrogens with one attached hydrogen (secondary N) is 1. The maximum atomic E-state index is 13.2. The normalized spacial score (nSPS) is 18.8. The van der Waals surface area contributed by atoms with Crippen molar-refractivity contribution in [1.29, 1.82) is 0 Å². The molecule has 0 aliphatic carbocycles. The number of aromatic nitrogens is 2. The molecule has 2 aliphatic heterocycles. The van der Waals surface area contributed by atoms with Crippen LogP contribution in [0.4, 0.5) is 4.39 Å². The number of amides is 1. The molecule has 1 N–H and O–H groups in total. The molecule has 0 spiro atoms. The van der Waals surface area contributed by atoms with E-state index >= 15 is 0 Å². The average molecular weight is 495 g/mol. The van der Waals surface area contributed by atoms with E-state index in [1.807, 2.05) is 6.07 Å². The highest BCUT2D eigenvalue weighted by atomic mass is 32.2. The van der Waals surface area contributed by atoms with Crippen molar-refractivity contribution in [1.82, 2.24) is 19.2 Å². The first-order valence-electron chi connectivity index (χ1n) is 12.0. The van der Waals surface area contributed by atoms with Gasteiger partial charge in [-0.3, -0.25) is 4.79 Å². The summed E-state index contributed by atoms with van der Waals surface area (Å²) < 4.78 is 47.7. The summed E-state index contributed by atoms with van der Waals surface area (Å²) in [5, 5.41) is 2.49. The van der Waals surface area contributed by atoms with Gasteiger partial charge in [-0.05, 0) is 42.9 Å². The summed E-state index contributed by atoms with van der Waals surface area (Å²) in [5.74, 6) is 1.16. The number of benzene rings is 1. The molecule has 4 rings (SSSR count). The van der Waals surface area contributed by atoms with E-state index in [9.17, 15) is 17.6 Å². The van der Waals surface area contributed by atoms with Crippen molar-refractivity contribution >= 4 is 27.0 Å². The summed E-state index contributed by atoms with van der Waals surface area (Å²) in [6.07, 6.45) is 2.23. The highest BCUT2D eigenvalue weighted by molar-refractivity contribution is 7.89. The number of ether oxygens (including phenoxy) is 1. The number of sulfonamides is 1. The smallest absolute Gasteiger partial charge is 0.243 e. The Morgan fingerprint density at radius 3 is 2.56 bits per heavy atom. The SMILES string of the molecule is CC(C)(C)c1nc2cc(S(=O)(=O)N3CC(CC(=O)NCCF)C3)ccc2n1CC1CCOCC1. The molecule has 1 aromatic carbocycles. The molecule has 2 saturated heterocycles. The first kappa shape index (κ1) is 25.1. The van der Waals surface area contributed by atoms with Gasteiger partial charge < -0.3 is 14.6 Å². The molecule has 1 amide bonds. The molecule has 3 heterocycles. The van der Waals surface area contributed by atoms with Crippen LogP contribution in [0.3, 0.4) is 0 Å². The minimum absolute atomic E-state index is 0.00863. The Balaban J connectivity index is 1.53. The van der Waals surface area contributed by atoms with Crippen molar-refractivity contribution < 1.29 is 22.3 Å². The topological polar surface area (TPSA) is 93.5 Å². The standard InChI is InChI=1S/C24H35FN4O4S/c1-24(2,3)23-27-20-13-19(4-5-21(20)29(23)16-17-6-10-33-11-7-17)34(31,32)28-14-18(15-28)12-22(30)26-9-8-25/h4-5,13,17-18H,6-12,14-16H2,1-3H3,(H,26,30). The number of imidazole rings is 1. The fourth-order valence-electron chi connectivity index (χ4n) is 4.73. The van der Waals surface area contributed by atoms with Crippen molar-refractivity contribution in [2.75, 3.05) is 39.5 Å². The van der Waals surface area contributed by atoms with E-state index in [4.69, 9.17) is 9.72 Å². The van der Waals surface area contributed by atoms with Crippen molar-refractivity contribution in [2.24, 2.45) is 11.8 Å². The summed E-state index contributed by atoms with van der Waals surface area (Å²) in [7, 11) is -3.67. The number of alkyl halides is 1. The molecule has 2 aromatic rings. The highest BCUT2D eigenvalue weighted by Crippen LogP contribution is 2.32. The largest absolute Gasteiger partial charge is 0.381 e. The lowest BCUT2D eigenvalue weighted by Crippen LogP contribution is -2.51. The monoisotopic (exact) mass is 494 g/mol. The minimum atomic E-state index is -3.67. The van der Waals surface area contributed by atoms with Crippen LogP contribution < -0.4 is 5.32 Å². The number of carbonyl (C=O) groups excluding carboxylic acids is 1. The fourth-order valence-corrected chi connectivity index (χ4v) is 6.35. The molecule has 0 bridgehead atoms. The van der Waals surface area contributed by atoms with Gasteiger partial charge in [0.05, 0.1) is 15.9 Å². The van der Waals surface area contributed by atoms with Crippen LogP contribution >= 0.6 is 0 Å². The highest BCUT2D eigenvalue weighted by Gasteiger charge is 2.38. The van der Waals surface area contributed by atoms with Gasteiger partial charge in [0, 0.05) is 51.2 Å². The Morgan fingerprint density at radius 2 is 1.91 bits per heavy atom. The van der Waals surface area contributed by atoms with Crippen LogP contribution in [0.25, 0.3) is 11.0 Å². The summed E-state index contributed by atoms with van der Waals surface area (Å²) in [6.45, 7) is 8.72. The molecule has 34 heavy (non-hydrogen) atoms. The summed E-state index contributed by atoms with van der Waals surface area (Å²) >= 11 is 0.